The number of hydrogen-bond donors (Lipinski definition) is 0. The molecule has 0 aliphatic carbocycles. The second-order valence-electron chi connectivity index (χ2n) is 2.14. The first-order chi connectivity index (χ1) is 5.83. The van der Waals surface area contributed by atoms with Gasteiger partial charge >= 0.3 is 29.6 Å². The van der Waals surface area contributed by atoms with Crippen molar-refractivity contribution in [1.82, 2.24) is 0 Å². The van der Waals surface area contributed by atoms with Crippen LogP contribution in [0.1, 0.15) is 5.56 Å². The molecule has 0 heterocycles. The van der Waals surface area contributed by atoms with Crippen molar-refractivity contribution in [3.8, 4) is 11.5 Å². The first kappa shape index (κ1) is 12.5. The van der Waals surface area contributed by atoms with Crippen LogP contribution in [0.15, 0.2) is 18.2 Å². The third-order valence-corrected chi connectivity index (χ3v) is 1.53. The molecule has 0 N–H and O–H groups in total. The average Bonchev–Trinajstić information content (AvgIpc) is 2.16. The molecule has 4 heteroatoms. The van der Waals surface area contributed by atoms with E-state index in [0.717, 1.165) is 0 Å². The minimum absolute atomic E-state index is 0. The summed E-state index contributed by atoms with van der Waals surface area (Å²) < 4.78 is 9.87. The van der Waals surface area contributed by atoms with Crippen molar-refractivity contribution in [1.29, 1.82) is 0 Å². The van der Waals surface area contributed by atoms with Crippen molar-refractivity contribution in [3.05, 3.63) is 23.8 Å². The van der Waals surface area contributed by atoms with Crippen LogP contribution >= 0.6 is 0 Å². The van der Waals surface area contributed by atoms with Crippen LogP contribution in [0.25, 0.3) is 0 Å². The smallest absolute Gasteiger partial charge is 0.553 e. The van der Waals surface area contributed by atoms with Gasteiger partial charge in [-0.1, -0.05) is 23.8 Å². The quantitative estimate of drug-likeness (QED) is 0.413. The van der Waals surface area contributed by atoms with Crippen LogP contribution in [0.3, 0.4) is 0 Å². The Morgan fingerprint density at radius 2 is 1.62 bits per heavy atom. The molecular weight excluding hydrogens is 179 g/mol. The second-order valence-corrected chi connectivity index (χ2v) is 2.14. The molecular formula is C9H9NaO3. The molecule has 0 amide bonds. The van der Waals surface area contributed by atoms with Crippen molar-refractivity contribution in [2.75, 3.05) is 14.2 Å². The van der Waals surface area contributed by atoms with Crippen LogP contribution in [-0.2, 0) is 4.79 Å². The molecule has 0 radical (unpaired) electrons. The third kappa shape index (κ3) is 2.72. The summed E-state index contributed by atoms with van der Waals surface area (Å²) in [4.78, 5) is 10.5. The van der Waals surface area contributed by atoms with E-state index in [1.807, 2.05) is 0 Å². The van der Waals surface area contributed by atoms with Crippen molar-refractivity contribution >= 4 is 6.29 Å². The van der Waals surface area contributed by atoms with Gasteiger partial charge in [-0.2, -0.15) is 0 Å². The number of rotatable bonds is 3. The SMILES string of the molecule is COc1cccc(OC)c1[C-]=O.[Na+]. The molecule has 0 aromatic heterocycles. The summed E-state index contributed by atoms with van der Waals surface area (Å²) in [6, 6.07) is 5.12. The maximum absolute atomic E-state index is 10.5. The summed E-state index contributed by atoms with van der Waals surface area (Å²) in [6.45, 7) is 0. The van der Waals surface area contributed by atoms with Crippen LogP contribution in [0, 0.1) is 0 Å². The van der Waals surface area contributed by atoms with Gasteiger partial charge in [-0.15, -0.1) is 0 Å². The summed E-state index contributed by atoms with van der Waals surface area (Å²) >= 11 is 0. The van der Waals surface area contributed by atoms with Gasteiger partial charge in [-0.05, 0) is 0 Å². The maximum Gasteiger partial charge on any atom is 1.00 e. The minimum atomic E-state index is 0. The summed E-state index contributed by atoms with van der Waals surface area (Å²) in [5, 5.41) is 0. The molecule has 0 saturated carbocycles. The number of carbonyl (C=O) groups excluding carboxylic acids is 1. The van der Waals surface area contributed by atoms with E-state index in [1.54, 1.807) is 24.5 Å². The molecule has 0 saturated heterocycles. The van der Waals surface area contributed by atoms with Gasteiger partial charge in [-0.25, -0.2) is 0 Å². The van der Waals surface area contributed by atoms with Gasteiger partial charge in [0.05, 0.1) is 20.5 Å². The molecule has 0 aliphatic heterocycles. The first-order valence-corrected chi connectivity index (χ1v) is 3.42. The van der Waals surface area contributed by atoms with Gasteiger partial charge < -0.3 is 14.3 Å². The maximum atomic E-state index is 10.5. The van der Waals surface area contributed by atoms with E-state index in [-0.39, 0.29) is 29.6 Å². The van der Waals surface area contributed by atoms with Gasteiger partial charge in [0.25, 0.3) is 0 Å². The normalized spacial score (nSPS) is 8.46. The van der Waals surface area contributed by atoms with Gasteiger partial charge in [0.2, 0.25) is 0 Å². The van der Waals surface area contributed by atoms with E-state index in [0.29, 0.717) is 17.1 Å². The largest absolute Gasteiger partial charge is 1.00 e. The Kier molecular flexibility index (Phi) is 5.79. The van der Waals surface area contributed by atoms with E-state index in [1.165, 1.54) is 14.2 Å². The van der Waals surface area contributed by atoms with Crippen LogP contribution in [0.2, 0.25) is 0 Å². The van der Waals surface area contributed by atoms with Crippen LogP contribution in [0.4, 0.5) is 0 Å². The molecule has 1 aromatic rings. The molecule has 0 spiro atoms. The van der Waals surface area contributed by atoms with Gasteiger partial charge in [0, 0.05) is 11.5 Å². The predicted molar refractivity (Wildman–Crippen MR) is 44.3 cm³/mol. The average molecular weight is 188 g/mol. The first-order valence-electron chi connectivity index (χ1n) is 3.42. The molecule has 0 aliphatic rings. The molecule has 0 bridgehead atoms. The Morgan fingerprint density at radius 1 is 1.15 bits per heavy atom. The Bertz CT molecular complexity index is 264. The summed E-state index contributed by atoms with van der Waals surface area (Å²) in [5.41, 5.74) is 0.322. The van der Waals surface area contributed by atoms with E-state index in [9.17, 15) is 4.79 Å². The van der Waals surface area contributed by atoms with E-state index >= 15 is 0 Å². The Morgan fingerprint density at radius 3 is 1.92 bits per heavy atom. The summed E-state index contributed by atoms with van der Waals surface area (Å²) in [5.74, 6) is 0.953. The predicted octanol–water partition coefficient (Wildman–Crippen LogP) is -1.83. The zero-order valence-corrected chi connectivity index (χ0v) is 9.96. The molecule has 1 rings (SSSR count). The monoisotopic (exact) mass is 188 g/mol. The van der Waals surface area contributed by atoms with Gasteiger partial charge in [-0.3, -0.25) is 0 Å². The van der Waals surface area contributed by atoms with Crippen LogP contribution < -0.4 is 39.0 Å². The van der Waals surface area contributed by atoms with E-state index < -0.39 is 0 Å². The summed E-state index contributed by atoms with van der Waals surface area (Å²) in [7, 11) is 2.99. The molecule has 0 atom stereocenters. The van der Waals surface area contributed by atoms with E-state index in [2.05, 4.69) is 0 Å². The number of ether oxygens (including phenoxy) is 2. The molecule has 1 aromatic carbocycles. The van der Waals surface area contributed by atoms with Crippen molar-refractivity contribution < 1.29 is 43.8 Å². The molecule has 0 unspecified atom stereocenters. The van der Waals surface area contributed by atoms with Crippen molar-refractivity contribution in [3.63, 3.8) is 0 Å². The number of methoxy groups -OCH3 is 2. The van der Waals surface area contributed by atoms with Crippen LogP contribution in [0.5, 0.6) is 11.5 Å². The molecule has 13 heavy (non-hydrogen) atoms. The number of hydrogen-bond acceptors (Lipinski definition) is 3. The Labute approximate surface area is 99.3 Å². The molecule has 64 valence electrons. The minimum Gasteiger partial charge on any atom is -0.553 e. The summed E-state index contributed by atoms with van der Waals surface area (Å²) in [6.07, 6.45) is 1.77. The van der Waals surface area contributed by atoms with Gasteiger partial charge in [0.1, 0.15) is 0 Å². The van der Waals surface area contributed by atoms with Crippen molar-refractivity contribution in [2.24, 2.45) is 0 Å². The zero-order chi connectivity index (χ0) is 8.97. The standard InChI is InChI=1S/C9H9O3.Na/c1-11-8-4-3-5-9(12-2)7(8)6-10;/h3-5H,1-2H3;/q-1;+1. The van der Waals surface area contributed by atoms with E-state index in [4.69, 9.17) is 9.47 Å². The fourth-order valence-corrected chi connectivity index (χ4v) is 0.952. The Balaban J connectivity index is 0.00000144. The third-order valence-electron chi connectivity index (χ3n) is 1.53. The fraction of sp³-hybridized carbons (Fsp3) is 0.222. The second kappa shape index (κ2) is 6.02. The number of benzene rings is 1. The fourth-order valence-electron chi connectivity index (χ4n) is 0.952. The zero-order valence-electron chi connectivity index (χ0n) is 7.96. The topological polar surface area (TPSA) is 35.5 Å². The Hall–Kier alpha value is -0.510. The molecule has 3 nitrogen and oxygen atoms in total. The molecule has 0 fully saturated rings. The van der Waals surface area contributed by atoms with Crippen molar-refractivity contribution in [2.45, 2.75) is 0 Å². The van der Waals surface area contributed by atoms with Gasteiger partial charge in [0.15, 0.2) is 0 Å². The van der Waals surface area contributed by atoms with Crippen LogP contribution in [-0.4, -0.2) is 20.5 Å².